The Kier molecular flexibility index (Phi) is 7.56. The fourth-order valence-electron chi connectivity index (χ4n) is 2.35. The Morgan fingerprint density at radius 2 is 1.59 bits per heavy atom. The molecule has 4 heteroatoms. The molecule has 1 unspecified atom stereocenters. The highest BCUT2D eigenvalue weighted by molar-refractivity contribution is 6.38. The van der Waals surface area contributed by atoms with Crippen molar-refractivity contribution in [3.63, 3.8) is 0 Å². The van der Waals surface area contributed by atoms with Gasteiger partial charge in [0.05, 0.1) is 7.11 Å². The molecule has 0 aromatic heterocycles. The number of carbonyl (C=O) groups is 2. The zero-order valence-corrected chi connectivity index (χ0v) is 15.8. The topological polar surface area (TPSA) is 52.6 Å². The fourth-order valence-corrected chi connectivity index (χ4v) is 2.35. The molecule has 2 aromatic carbocycles. The highest BCUT2D eigenvalue weighted by atomic mass is 16.5. The summed E-state index contributed by atoms with van der Waals surface area (Å²) in [6.45, 7) is 4.25. The van der Waals surface area contributed by atoms with Crippen LogP contribution in [0.15, 0.2) is 66.8 Å². The minimum atomic E-state index is -0.902. The highest BCUT2D eigenvalue weighted by Crippen LogP contribution is 2.21. The molecule has 27 heavy (non-hydrogen) atoms. The first kappa shape index (κ1) is 20.2. The Hall–Kier alpha value is -3.14. The predicted octanol–water partition coefficient (Wildman–Crippen LogP) is 4.95. The second-order valence-electron chi connectivity index (χ2n) is 6.12. The van der Waals surface area contributed by atoms with Crippen LogP contribution in [0, 0.1) is 0 Å². The minimum absolute atomic E-state index is 0.363. The van der Waals surface area contributed by atoms with Crippen LogP contribution in [0.2, 0.25) is 0 Å². The number of ketones is 1. The average molecular weight is 364 g/mol. The summed E-state index contributed by atoms with van der Waals surface area (Å²) in [7, 11) is 1.61. The molecule has 0 amide bonds. The van der Waals surface area contributed by atoms with Crippen LogP contribution in [0.3, 0.4) is 0 Å². The van der Waals surface area contributed by atoms with E-state index in [1.165, 1.54) is 17.7 Å². The maximum atomic E-state index is 11.9. The monoisotopic (exact) mass is 364 g/mol. The van der Waals surface area contributed by atoms with Crippen molar-refractivity contribution in [3.05, 3.63) is 77.9 Å². The smallest absolute Gasteiger partial charge is 0.384 e. The molecule has 0 fully saturated rings. The summed E-state index contributed by atoms with van der Waals surface area (Å²) >= 11 is 0. The van der Waals surface area contributed by atoms with Crippen molar-refractivity contribution in [2.24, 2.45) is 0 Å². The van der Waals surface area contributed by atoms with Gasteiger partial charge in [-0.15, -0.1) is 0 Å². The van der Waals surface area contributed by atoms with Gasteiger partial charge >= 0.3 is 5.97 Å². The molecule has 0 heterocycles. The van der Waals surface area contributed by atoms with E-state index in [1.54, 1.807) is 25.3 Å². The van der Waals surface area contributed by atoms with Crippen LogP contribution in [0.4, 0.5) is 0 Å². The lowest BCUT2D eigenvalue weighted by Gasteiger charge is -2.09. The number of esters is 1. The van der Waals surface area contributed by atoms with E-state index in [9.17, 15) is 9.59 Å². The van der Waals surface area contributed by atoms with Gasteiger partial charge in [-0.25, -0.2) is 4.79 Å². The summed E-state index contributed by atoms with van der Waals surface area (Å²) in [5.41, 5.74) is 2.13. The molecule has 0 bridgehead atoms. The van der Waals surface area contributed by atoms with E-state index in [2.05, 4.69) is 13.8 Å². The van der Waals surface area contributed by atoms with E-state index in [1.807, 2.05) is 42.5 Å². The zero-order chi connectivity index (χ0) is 19.6. The molecule has 0 N–H and O–H groups in total. The molecule has 0 radical (unpaired) electrons. The first-order chi connectivity index (χ1) is 13.0. The lowest BCUT2D eigenvalue weighted by Crippen LogP contribution is -2.18. The third-order valence-electron chi connectivity index (χ3n) is 4.24. The Morgan fingerprint density at radius 3 is 2.19 bits per heavy atom. The Labute approximate surface area is 160 Å². The highest BCUT2D eigenvalue weighted by Gasteiger charge is 2.13. The molecule has 0 aliphatic carbocycles. The number of allylic oxidation sites excluding steroid dienone is 2. The first-order valence-corrected chi connectivity index (χ1v) is 8.88. The molecule has 1 atom stereocenters. The number of hydrogen-bond donors (Lipinski definition) is 0. The van der Waals surface area contributed by atoms with Gasteiger partial charge < -0.3 is 9.47 Å². The quantitative estimate of drug-likeness (QED) is 0.219. The Balaban J connectivity index is 1.88. The lowest BCUT2D eigenvalue weighted by molar-refractivity contribution is -0.144. The number of ether oxygens (including phenoxy) is 2. The van der Waals surface area contributed by atoms with Crippen LogP contribution in [0.1, 0.15) is 37.3 Å². The van der Waals surface area contributed by atoms with Crippen LogP contribution >= 0.6 is 0 Å². The lowest BCUT2D eigenvalue weighted by atomic mass is 9.99. The number of methoxy groups -OCH3 is 1. The number of carbonyl (C=O) groups excluding carboxylic acids is 2. The molecular formula is C23H24O4. The second-order valence-corrected chi connectivity index (χ2v) is 6.12. The van der Waals surface area contributed by atoms with Crippen molar-refractivity contribution in [1.82, 2.24) is 0 Å². The summed E-state index contributed by atoms with van der Waals surface area (Å²) in [6.07, 6.45) is 7.25. The van der Waals surface area contributed by atoms with Crippen molar-refractivity contribution in [1.29, 1.82) is 0 Å². The average Bonchev–Trinajstić information content (AvgIpc) is 2.71. The molecular weight excluding hydrogens is 340 g/mol. The van der Waals surface area contributed by atoms with Gasteiger partial charge in [0.25, 0.3) is 5.78 Å². The molecule has 0 saturated heterocycles. The molecule has 140 valence electrons. The van der Waals surface area contributed by atoms with Crippen LogP contribution in [-0.4, -0.2) is 18.9 Å². The normalized spacial score (nSPS) is 12.3. The molecule has 0 saturated carbocycles. The van der Waals surface area contributed by atoms with Crippen molar-refractivity contribution in [2.75, 3.05) is 7.11 Å². The molecule has 0 aliphatic heterocycles. The number of benzene rings is 2. The Bertz CT molecular complexity index is 814. The SMILES string of the molecule is CCC(C)c1ccc(OC(=O)C(=O)/C=C/C=C/c2ccc(OC)cc2)cc1. The van der Waals surface area contributed by atoms with E-state index in [-0.39, 0.29) is 0 Å². The maximum absolute atomic E-state index is 11.9. The largest absolute Gasteiger partial charge is 0.497 e. The van der Waals surface area contributed by atoms with Crippen molar-refractivity contribution in [2.45, 2.75) is 26.2 Å². The van der Waals surface area contributed by atoms with Crippen molar-refractivity contribution in [3.8, 4) is 11.5 Å². The molecule has 4 nitrogen and oxygen atoms in total. The van der Waals surface area contributed by atoms with Gasteiger partial charge in [-0.3, -0.25) is 4.79 Å². The second kappa shape index (κ2) is 10.1. The van der Waals surface area contributed by atoms with E-state index < -0.39 is 11.8 Å². The van der Waals surface area contributed by atoms with E-state index in [0.29, 0.717) is 11.7 Å². The van der Waals surface area contributed by atoms with Gasteiger partial charge in [0, 0.05) is 0 Å². The predicted molar refractivity (Wildman–Crippen MR) is 107 cm³/mol. The fraction of sp³-hybridized carbons (Fsp3) is 0.217. The van der Waals surface area contributed by atoms with Crippen molar-refractivity contribution >= 4 is 17.8 Å². The van der Waals surface area contributed by atoms with E-state index in [4.69, 9.17) is 9.47 Å². The van der Waals surface area contributed by atoms with Crippen molar-refractivity contribution < 1.29 is 19.1 Å². The maximum Gasteiger partial charge on any atom is 0.384 e. The summed E-state index contributed by atoms with van der Waals surface area (Å²) in [5, 5.41) is 0. The summed E-state index contributed by atoms with van der Waals surface area (Å²) in [6, 6.07) is 14.7. The first-order valence-electron chi connectivity index (χ1n) is 8.88. The number of rotatable bonds is 8. The molecule has 0 aliphatic rings. The summed E-state index contributed by atoms with van der Waals surface area (Å²) in [5.74, 6) is -0.0297. The standard InChI is InChI=1S/C23H24O4/c1-4-17(2)19-11-15-21(16-12-19)27-23(25)22(24)8-6-5-7-18-9-13-20(26-3)14-10-18/h5-17H,4H2,1-3H3/b7-5+,8-6+. The van der Waals surface area contributed by atoms with Gasteiger partial charge in [-0.2, -0.15) is 0 Å². The third-order valence-corrected chi connectivity index (χ3v) is 4.24. The molecule has 2 aromatic rings. The minimum Gasteiger partial charge on any atom is -0.497 e. The molecule has 2 rings (SSSR count). The van der Waals surface area contributed by atoms with Crippen LogP contribution in [0.25, 0.3) is 6.08 Å². The van der Waals surface area contributed by atoms with E-state index >= 15 is 0 Å². The summed E-state index contributed by atoms with van der Waals surface area (Å²) < 4.78 is 10.2. The Morgan fingerprint density at radius 1 is 0.963 bits per heavy atom. The van der Waals surface area contributed by atoms with Gasteiger partial charge in [0.2, 0.25) is 0 Å². The van der Waals surface area contributed by atoms with Gasteiger partial charge in [-0.1, -0.05) is 56.3 Å². The third kappa shape index (κ3) is 6.26. The summed E-state index contributed by atoms with van der Waals surface area (Å²) in [4.78, 5) is 23.7. The van der Waals surface area contributed by atoms with Crippen LogP contribution in [-0.2, 0) is 9.59 Å². The molecule has 0 spiro atoms. The van der Waals surface area contributed by atoms with Crippen LogP contribution in [0.5, 0.6) is 11.5 Å². The van der Waals surface area contributed by atoms with E-state index in [0.717, 1.165) is 17.7 Å². The van der Waals surface area contributed by atoms with Gasteiger partial charge in [0.15, 0.2) is 0 Å². The number of hydrogen-bond acceptors (Lipinski definition) is 4. The van der Waals surface area contributed by atoms with Gasteiger partial charge in [-0.05, 0) is 53.8 Å². The van der Waals surface area contributed by atoms with Crippen LogP contribution < -0.4 is 9.47 Å². The van der Waals surface area contributed by atoms with Gasteiger partial charge in [0.1, 0.15) is 11.5 Å². The zero-order valence-electron chi connectivity index (χ0n) is 15.8.